The van der Waals surface area contributed by atoms with Gasteiger partial charge in [-0.15, -0.1) is 0 Å². The fourth-order valence-corrected chi connectivity index (χ4v) is 8.75. The van der Waals surface area contributed by atoms with Crippen molar-refractivity contribution in [2.75, 3.05) is 6.61 Å². The first kappa shape index (κ1) is 23.9. The van der Waals surface area contributed by atoms with E-state index in [2.05, 4.69) is 27.7 Å². The summed E-state index contributed by atoms with van der Waals surface area (Å²) in [6.07, 6.45) is 5.59. The molecule has 0 aliphatic rings. The van der Waals surface area contributed by atoms with Crippen molar-refractivity contribution in [1.29, 1.82) is 0 Å². The molecule has 26 heavy (non-hydrogen) atoms. The maximum atomic E-state index is 13.6. The molecule has 0 fully saturated rings. The van der Waals surface area contributed by atoms with Gasteiger partial charge in [0, 0.05) is 0 Å². The molecule has 3 unspecified atom stereocenters. The summed E-state index contributed by atoms with van der Waals surface area (Å²) < 4.78 is 26.9. The zero-order valence-electron chi connectivity index (χ0n) is 17.0. The molecule has 0 N–H and O–H groups in total. The Balaban J connectivity index is 2.80. The molecule has 0 aromatic heterocycles. The summed E-state index contributed by atoms with van der Waals surface area (Å²) in [4.78, 5) is 0. The predicted octanol–water partition coefficient (Wildman–Crippen LogP) is 6.34. The number of hydrogen-bond acceptors (Lipinski definition) is 3. The van der Waals surface area contributed by atoms with Crippen molar-refractivity contribution in [2.24, 2.45) is 5.92 Å². The van der Waals surface area contributed by atoms with Gasteiger partial charge in [0.1, 0.15) is 0 Å². The van der Waals surface area contributed by atoms with Gasteiger partial charge in [-0.2, -0.15) is 0 Å². The van der Waals surface area contributed by atoms with Gasteiger partial charge in [-0.1, -0.05) is 0 Å². The fourth-order valence-electron chi connectivity index (χ4n) is 2.73. The van der Waals surface area contributed by atoms with E-state index in [1.165, 1.54) is 12.8 Å². The minimum absolute atomic E-state index is 0.0297. The monoisotopic (exact) mass is 448 g/mol. The molecule has 3 atom stereocenters. The Morgan fingerprint density at radius 1 is 0.962 bits per heavy atom. The molecule has 3 nitrogen and oxygen atoms in total. The van der Waals surface area contributed by atoms with E-state index < -0.39 is 6.29 Å². The molecule has 0 radical (unpaired) electrons. The van der Waals surface area contributed by atoms with E-state index in [0.717, 1.165) is 43.0 Å². The van der Waals surface area contributed by atoms with Crippen molar-refractivity contribution in [3.63, 3.8) is 0 Å². The summed E-state index contributed by atoms with van der Waals surface area (Å²) in [6.45, 7) is 9.23. The van der Waals surface area contributed by atoms with Crippen LogP contribution in [0.2, 0.25) is 0 Å². The molecule has 0 spiro atoms. The van der Waals surface area contributed by atoms with Crippen molar-refractivity contribution in [3.8, 4) is 0 Å². The minimum atomic E-state index is -3.09. The molecular formula is C21H37O3PSe. The quantitative estimate of drug-likeness (QED) is 0.232. The van der Waals surface area contributed by atoms with E-state index in [-0.39, 0.29) is 20.6 Å². The van der Waals surface area contributed by atoms with Gasteiger partial charge < -0.3 is 0 Å². The van der Waals surface area contributed by atoms with Crippen LogP contribution in [0.15, 0.2) is 30.3 Å². The number of benzene rings is 1. The first-order chi connectivity index (χ1) is 12.6. The molecular weight excluding hydrogens is 410 g/mol. The zero-order chi connectivity index (χ0) is 19.3. The van der Waals surface area contributed by atoms with Gasteiger partial charge in [0.2, 0.25) is 0 Å². The van der Waals surface area contributed by atoms with E-state index in [1.54, 1.807) is 0 Å². The molecule has 1 aromatic rings. The SMILES string of the molecule is CCCCC(CC)COP(=O)(OC(CC)CCCC)[Se]c1ccccc1. The molecule has 5 heteroatoms. The molecule has 150 valence electrons. The molecule has 0 aliphatic carbocycles. The second-order valence-corrected chi connectivity index (χ2v) is 13.3. The first-order valence-electron chi connectivity index (χ1n) is 10.2. The molecule has 0 bridgehead atoms. The van der Waals surface area contributed by atoms with Crippen LogP contribution in [0.3, 0.4) is 0 Å². The van der Waals surface area contributed by atoms with Crippen LogP contribution < -0.4 is 4.46 Å². The van der Waals surface area contributed by atoms with Crippen LogP contribution in [0.4, 0.5) is 0 Å². The summed E-state index contributed by atoms with van der Waals surface area (Å²) in [6, 6.07) is 10.0. The third-order valence-corrected chi connectivity index (χ3v) is 10.6. The Bertz CT molecular complexity index is 509. The third kappa shape index (κ3) is 9.72. The summed E-state index contributed by atoms with van der Waals surface area (Å²) in [5.74, 6) is 0.467. The topological polar surface area (TPSA) is 35.5 Å². The molecule has 0 aliphatic heterocycles. The molecule has 1 rings (SSSR count). The Hall–Kier alpha value is -0.111. The fraction of sp³-hybridized carbons (Fsp3) is 0.714. The van der Waals surface area contributed by atoms with Crippen LogP contribution in [-0.4, -0.2) is 27.2 Å². The Morgan fingerprint density at radius 3 is 2.19 bits per heavy atom. The predicted molar refractivity (Wildman–Crippen MR) is 113 cm³/mol. The molecule has 0 saturated carbocycles. The number of rotatable bonds is 15. The molecule has 0 amide bonds. The average molecular weight is 447 g/mol. The van der Waals surface area contributed by atoms with Crippen LogP contribution in [0, 0.1) is 5.92 Å². The first-order valence-corrected chi connectivity index (χ1v) is 14.9. The van der Waals surface area contributed by atoms with Gasteiger partial charge in [-0.3, -0.25) is 0 Å². The van der Waals surface area contributed by atoms with Crippen LogP contribution in [-0.2, 0) is 13.6 Å². The van der Waals surface area contributed by atoms with E-state index in [1.807, 2.05) is 30.3 Å². The van der Waals surface area contributed by atoms with Crippen LogP contribution >= 0.6 is 6.29 Å². The Morgan fingerprint density at radius 2 is 1.62 bits per heavy atom. The summed E-state index contributed by atoms with van der Waals surface area (Å²) in [7, 11) is 0. The van der Waals surface area contributed by atoms with Crippen LogP contribution in [0.5, 0.6) is 0 Å². The van der Waals surface area contributed by atoms with Crippen molar-refractivity contribution in [2.45, 2.75) is 85.2 Å². The summed E-state index contributed by atoms with van der Waals surface area (Å²) in [5.41, 5.74) is 0. The van der Waals surface area contributed by atoms with Gasteiger partial charge in [0.05, 0.1) is 0 Å². The van der Waals surface area contributed by atoms with Crippen molar-refractivity contribution >= 4 is 25.3 Å². The summed E-state index contributed by atoms with van der Waals surface area (Å²) in [5, 5.41) is 0. The number of unbranched alkanes of at least 4 members (excludes halogenated alkanes) is 2. The van der Waals surface area contributed by atoms with E-state index >= 15 is 0 Å². The third-order valence-electron chi connectivity index (χ3n) is 4.59. The van der Waals surface area contributed by atoms with Crippen molar-refractivity contribution < 1.29 is 13.6 Å². The second kappa shape index (κ2) is 14.0. The van der Waals surface area contributed by atoms with Gasteiger partial charge in [0.15, 0.2) is 0 Å². The van der Waals surface area contributed by atoms with Crippen LogP contribution in [0.1, 0.15) is 79.1 Å². The normalized spacial score (nSPS) is 16.2. The van der Waals surface area contributed by atoms with Crippen molar-refractivity contribution in [3.05, 3.63) is 30.3 Å². The van der Waals surface area contributed by atoms with Gasteiger partial charge in [-0.25, -0.2) is 0 Å². The second-order valence-electron chi connectivity index (χ2n) is 6.84. The van der Waals surface area contributed by atoms with E-state index in [9.17, 15) is 4.57 Å². The van der Waals surface area contributed by atoms with Crippen molar-refractivity contribution in [1.82, 2.24) is 0 Å². The van der Waals surface area contributed by atoms with Gasteiger partial charge in [-0.05, 0) is 0 Å². The zero-order valence-corrected chi connectivity index (χ0v) is 19.6. The van der Waals surface area contributed by atoms with E-state index in [0.29, 0.717) is 12.5 Å². The average Bonchev–Trinajstić information content (AvgIpc) is 2.66. The maximum absolute atomic E-state index is 13.6. The number of hydrogen-bond donors (Lipinski definition) is 0. The van der Waals surface area contributed by atoms with E-state index in [4.69, 9.17) is 9.05 Å². The molecule has 1 aromatic carbocycles. The standard InChI is InChI=1S/C21H37O3PSe/c1-5-9-14-19(7-3)18-23-25(22,24-20(8-4)15-10-6-2)26-21-16-12-11-13-17-21/h11-13,16-17,19-20H,5-10,14-15,18H2,1-4H3. The Labute approximate surface area is 166 Å². The van der Waals surface area contributed by atoms with Gasteiger partial charge in [0.25, 0.3) is 0 Å². The Kier molecular flexibility index (Phi) is 12.9. The molecule has 0 saturated heterocycles. The summed E-state index contributed by atoms with van der Waals surface area (Å²) >= 11 is -0.309. The van der Waals surface area contributed by atoms with Gasteiger partial charge >= 0.3 is 167 Å². The van der Waals surface area contributed by atoms with Crippen LogP contribution in [0.25, 0.3) is 0 Å². The molecule has 0 heterocycles.